The highest BCUT2D eigenvalue weighted by atomic mass is 16.5. The van der Waals surface area contributed by atoms with Crippen LogP contribution in [0.1, 0.15) is 33.3 Å². The topological polar surface area (TPSA) is 72.4 Å². The second-order valence-electron chi connectivity index (χ2n) is 5.78. The molecule has 0 saturated heterocycles. The summed E-state index contributed by atoms with van der Waals surface area (Å²) in [5, 5.41) is 13.0. The van der Waals surface area contributed by atoms with Crippen molar-refractivity contribution in [2.75, 3.05) is 7.11 Å². The maximum atomic E-state index is 8.85. The van der Waals surface area contributed by atoms with Gasteiger partial charge in [0.1, 0.15) is 6.07 Å². The van der Waals surface area contributed by atoms with E-state index in [1.165, 1.54) is 6.20 Å². The van der Waals surface area contributed by atoms with Crippen molar-refractivity contribution in [3.05, 3.63) is 24.2 Å². The maximum absolute atomic E-state index is 8.85. The van der Waals surface area contributed by atoms with E-state index in [9.17, 15) is 0 Å². The molecule has 0 aliphatic rings. The van der Waals surface area contributed by atoms with Gasteiger partial charge < -0.3 is 9.39 Å². The molecule has 0 saturated carbocycles. The van der Waals surface area contributed by atoms with E-state index in [-0.39, 0.29) is 0 Å². The van der Waals surface area contributed by atoms with E-state index in [4.69, 9.17) is 14.7 Å². The predicted octanol–water partition coefficient (Wildman–Crippen LogP) is 1.07. The molecule has 0 bridgehead atoms. The standard InChI is InChI=1S/C14H18BN4O2/c1-13(2,20-5)14(3,4)21-15-11-8-18-19-9-10(6-16)7-17-12(11)19/h7-9H,1-5H3. The minimum Gasteiger partial charge on any atom is -0.426 e. The van der Waals surface area contributed by atoms with Crippen molar-refractivity contribution < 1.29 is 9.39 Å². The Bertz CT molecular complexity index is 688. The molecule has 2 aromatic heterocycles. The van der Waals surface area contributed by atoms with Gasteiger partial charge in [0.15, 0.2) is 5.65 Å². The van der Waals surface area contributed by atoms with Gasteiger partial charge >= 0.3 is 7.48 Å². The van der Waals surface area contributed by atoms with E-state index >= 15 is 0 Å². The third-order valence-corrected chi connectivity index (χ3v) is 3.95. The number of nitrogens with zero attached hydrogens (tertiary/aromatic N) is 4. The van der Waals surface area contributed by atoms with Gasteiger partial charge in [-0.15, -0.1) is 0 Å². The average Bonchev–Trinajstić information content (AvgIpc) is 2.87. The van der Waals surface area contributed by atoms with Crippen molar-refractivity contribution >= 4 is 18.6 Å². The van der Waals surface area contributed by atoms with Crippen LogP contribution in [0.15, 0.2) is 18.6 Å². The molecule has 0 aromatic carbocycles. The van der Waals surface area contributed by atoms with E-state index in [0.717, 1.165) is 5.46 Å². The van der Waals surface area contributed by atoms with Gasteiger partial charge in [0.2, 0.25) is 0 Å². The molecule has 0 amide bonds. The summed E-state index contributed by atoms with van der Waals surface area (Å²) in [5.41, 5.74) is 0.870. The summed E-state index contributed by atoms with van der Waals surface area (Å²) in [4.78, 5) is 4.23. The van der Waals surface area contributed by atoms with Crippen molar-refractivity contribution in [3.63, 3.8) is 0 Å². The van der Waals surface area contributed by atoms with Crippen LogP contribution in [0.5, 0.6) is 0 Å². The Morgan fingerprint density at radius 1 is 1.24 bits per heavy atom. The normalized spacial score (nSPS) is 12.4. The molecule has 0 aliphatic heterocycles. The SMILES string of the molecule is COC(C)(C)C(C)(C)O[B]c1cnn2cc(C#N)cnc12. The zero-order valence-corrected chi connectivity index (χ0v) is 12.9. The van der Waals surface area contributed by atoms with Gasteiger partial charge in [0.05, 0.1) is 23.0 Å². The number of hydrogen-bond donors (Lipinski definition) is 0. The minimum atomic E-state index is -0.525. The Morgan fingerprint density at radius 2 is 1.95 bits per heavy atom. The van der Waals surface area contributed by atoms with Crippen LogP contribution in [0.3, 0.4) is 0 Å². The Balaban J connectivity index is 2.20. The molecule has 2 aromatic rings. The first-order valence-corrected chi connectivity index (χ1v) is 6.60. The fraction of sp³-hybridized carbons (Fsp3) is 0.500. The number of hydrogen-bond acceptors (Lipinski definition) is 5. The number of methoxy groups -OCH3 is 1. The lowest BCUT2D eigenvalue weighted by atomic mass is 9.83. The quantitative estimate of drug-likeness (QED) is 0.768. The smallest absolute Gasteiger partial charge is 0.336 e. The van der Waals surface area contributed by atoms with Crippen molar-refractivity contribution in [3.8, 4) is 6.07 Å². The highest BCUT2D eigenvalue weighted by Crippen LogP contribution is 2.27. The van der Waals surface area contributed by atoms with Gasteiger partial charge in [0.25, 0.3) is 0 Å². The molecule has 0 aliphatic carbocycles. The molecule has 2 rings (SSSR count). The molecule has 1 radical (unpaired) electrons. The minimum absolute atomic E-state index is 0.451. The van der Waals surface area contributed by atoms with Gasteiger partial charge in [-0.2, -0.15) is 10.4 Å². The van der Waals surface area contributed by atoms with Gasteiger partial charge in [-0.3, -0.25) is 0 Å². The summed E-state index contributed by atoms with van der Waals surface area (Å²) in [7, 11) is 3.29. The monoisotopic (exact) mass is 285 g/mol. The summed E-state index contributed by atoms with van der Waals surface area (Å²) in [6.07, 6.45) is 4.79. The first-order valence-electron chi connectivity index (χ1n) is 6.60. The van der Waals surface area contributed by atoms with E-state index in [1.54, 1.807) is 31.5 Å². The molecular formula is C14H18BN4O2. The summed E-state index contributed by atoms with van der Waals surface area (Å²) in [5.74, 6) is 0. The van der Waals surface area contributed by atoms with Crippen LogP contribution in [0, 0.1) is 11.3 Å². The lowest BCUT2D eigenvalue weighted by Crippen LogP contribution is -2.50. The summed E-state index contributed by atoms with van der Waals surface area (Å²) >= 11 is 0. The van der Waals surface area contributed by atoms with Crippen molar-refractivity contribution in [2.45, 2.75) is 38.9 Å². The molecule has 0 N–H and O–H groups in total. The van der Waals surface area contributed by atoms with Crippen LogP contribution >= 0.6 is 0 Å². The van der Waals surface area contributed by atoms with E-state index < -0.39 is 11.2 Å². The van der Waals surface area contributed by atoms with Crippen LogP contribution in [-0.4, -0.2) is 40.4 Å². The van der Waals surface area contributed by atoms with E-state index in [0.29, 0.717) is 11.2 Å². The lowest BCUT2D eigenvalue weighted by Gasteiger charge is -2.40. The molecule has 0 fully saturated rings. The highest BCUT2D eigenvalue weighted by molar-refractivity contribution is 6.49. The Hall–Kier alpha value is -1.91. The Labute approximate surface area is 125 Å². The van der Waals surface area contributed by atoms with Gasteiger partial charge in [0, 0.05) is 25.0 Å². The number of nitriles is 1. The molecule has 0 spiro atoms. The maximum Gasteiger partial charge on any atom is 0.336 e. The fourth-order valence-electron chi connectivity index (χ4n) is 1.63. The van der Waals surface area contributed by atoms with E-state index in [2.05, 4.69) is 10.1 Å². The third kappa shape index (κ3) is 2.92. The van der Waals surface area contributed by atoms with Gasteiger partial charge in [-0.1, -0.05) is 0 Å². The Kier molecular flexibility index (Phi) is 4.03. The second-order valence-corrected chi connectivity index (χ2v) is 5.78. The highest BCUT2D eigenvalue weighted by Gasteiger charge is 2.38. The van der Waals surface area contributed by atoms with Crippen LogP contribution in [0.2, 0.25) is 0 Å². The van der Waals surface area contributed by atoms with Crippen LogP contribution in [0.4, 0.5) is 0 Å². The molecule has 7 heteroatoms. The van der Waals surface area contributed by atoms with Gasteiger partial charge in [-0.05, 0) is 27.7 Å². The summed E-state index contributed by atoms with van der Waals surface area (Å²) in [6, 6.07) is 2.03. The molecule has 6 nitrogen and oxygen atoms in total. The largest absolute Gasteiger partial charge is 0.426 e. The first-order chi connectivity index (χ1) is 9.80. The second kappa shape index (κ2) is 5.47. The molecule has 0 atom stereocenters. The third-order valence-electron chi connectivity index (χ3n) is 3.95. The summed E-state index contributed by atoms with van der Waals surface area (Å²) in [6.45, 7) is 7.85. The number of ether oxygens (including phenoxy) is 1. The van der Waals surface area contributed by atoms with Crippen LogP contribution in [-0.2, 0) is 9.39 Å². The zero-order valence-electron chi connectivity index (χ0n) is 12.9. The molecule has 21 heavy (non-hydrogen) atoms. The summed E-state index contributed by atoms with van der Waals surface area (Å²) < 4.78 is 12.9. The predicted molar refractivity (Wildman–Crippen MR) is 79.3 cm³/mol. The Morgan fingerprint density at radius 3 is 2.57 bits per heavy atom. The molecule has 2 heterocycles. The molecule has 109 valence electrons. The number of aromatic nitrogens is 3. The fourth-order valence-corrected chi connectivity index (χ4v) is 1.63. The van der Waals surface area contributed by atoms with E-state index in [1.807, 2.05) is 33.8 Å². The van der Waals surface area contributed by atoms with Crippen molar-refractivity contribution in [1.82, 2.24) is 14.6 Å². The number of rotatable bonds is 5. The van der Waals surface area contributed by atoms with Crippen molar-refractivity contribution in [2.24, 2.45) is 0 Å². The first kappa shape index (κ1) is 15.5. The van der Waals surface area contributed by atoms with Crippen LogP contribution in [0.25, 0.3) is 5.65 Å². The zero-order chi connectivity index (χ0) is 15.7. The molecule has 0 unspecified atom stereocenters. The number of fused-ring (bicyclic) bond motifs is 1. The van der Waals surface area contributed by atoms with Gasteiger partial charge in [-0.25, -0.2) is 9.50 Å². The lowest BCUT2D eigenvalue weighted by molar-refractivity contribution is -0.114. The average molecular weight is 285 g/mol. The van der Waals surface area contributed by atoms with Crippen molar-refractivity contribution in [1.29, 1.82) is 5.26 Å². The van der Waals surface area contributed by atoms with Crippen LogP contribution < -0.4 is 5.46 Å². The molecular weight excluding hydrogens is 267 g/mol.